The number of nitrogens with zero attached hydrogens (tertiary/aromatic N) is 1. The van der Waals surface area contributed by atoms with Gasteiger partial charge in [-0.15, -0.1) is 0 Å². The van der Waals surface area contributed by atoms with Crippen molar-refractivity contribution in [2.24, 2.45) is 0 Å². The van der Waals surface area contributed by atoms with Crippen molar-refractivity contribution in [1.82, 2.24) is 9.55 Å². The Morgan fingerprint density at radius 1 is 1.14 bits per heavy atom. The van der Waals surface area contributed by atoms with E-state index < -0.39 is 0 Å². The van der Waals surface area contributed by atoms with Crippen LogP contribution in [0.2, 0.25) is 0 Å². The summed E-state index contributed by atoms with van der Waals surface area (Å²) in [6.45, 7) is 8.09. The summed E-state index contributed by atoms with van der Waals surface area (Å²) in [6, 6.07) is 5.92. The minimum atomic E-state index is -0.163. The van der Waals surface area contributed by atoms with Gasteiger partial charge in [0.25, 0.3) is 0 Å². The molecule has 1 amide bonds. The molecule has 112 valence electrons. The van der Waals surface area contributed by atoms with Crippen molar-refractivity contribution >= 4 is 11.6 Å². The Morgan fingerprint density at radius 3 is 2.29 bits per heavy atom. The van der Waals surface area contributed by atoms with Crippen molar-refractivity contribution in [2.45, 2.75) is 40.7 Å². The van der Waals surface area contributed by atoms with Crippen molar-refractivity contribution in [1.29, 1.82) is 0 Å². The molecule has 0 bridgehead atoms. The second-order valence-corrected chi connectivity index (χ2v) is 5.47. The van der Waals surface area contributed by atoms with Crippen LogP contribution in [0.4, 0.5) is 5.69 Å². The lowest BCUT2D eigenvalue weighted by Gasteiger charge is -2.08. The van der Waals surface area contributed by atoms with E-state index in [9.17, 15) is 9.59 Å². The Labute approximate surface area is 124 Å². The van der Waals surface area contributed by atoms with Gasteiger partial charge in [0.2, 0.25) is 5.91 Å². The van der Waals surface area contributed by atoms with Crippen LogP contribution in [0.25, 0.3) is 0 Å². The number of aryl methyl sites for hydroxylation is 3. The second kappa shape index (κ2) is 5.99. The third-order valence-electron chi connectivity index (χ3n) is 3.56. The van der Waals surface area contributed by atoms with Gasteiger partial charge in [0.15, 0.2) is 0 Å². The lowest BCUT2D eigenvalue weighted by atomic mass is 10.1. The van der Waals surface area contributed by atoms with E-state index in [1.165, 1.54) is 0 Å². The average Bonchev–Trinajstić information content (AvgIpc) is 2.60. The van der Waals surface area contributed by atoms with Gasteiger partial charge in [0, 0.05) is 30.0 Å². The molecule has 0 fully saturated rings. The number of hydrogen-bond acceptors (Lipinski definition) is 2. The van der Waals surface area contributed by atoms with Gasteiger partial charge in [0.1, 0.15) is 0 Å². The molecule has 0 aliphatic rings. The number of aromatic amines is 1. The summed E-state index contributed by atoms with van der Waals surface area (Å²) in [4.78, 5) is 26.4. The highest BCUT2D eigenvalue weighted by Crippen LogP contribution is 2.14. The van der Waals surface area contributed by atoms with E-state index >= 15 is 0 Å². The minimum Gasteiger partial charge on any atom is -0.326 e. The molecule has 5 nitrogen and oxygen atoms in total. The maximum Gasteiger partial charge on any atom is 0.325 e. The highest BCUT2D eigenvalue weighted by atomic mass is 16.2. The molecule has 2 rings (SSSR count). The summed E-state index contributed by atoms with van der Waals surface area (Å²) in [5, 5.41) is 2.88. The number of anilines is 1. The lowest BCUT2D eigenvalue weighted by molar-refractivity contribution is -0.116. The largest absolute Gasteiger partial charge is 0.326 e. The Kier molecular flexibility index (Phi) is 4.31. The van der Waals surface area contributed by atoms with Crippen LogP contribution < -0.4 is 11.0 Å². The number of carbonyl (C=O) groups is 1. The first-order valence-electron chi connectivity index (χ1n) is 7.01. The molecule has 1 heterocycles. The standard InChI is InChI=1S/C16H21N3O2/c1-10-7-11(2)9-14(8-10)18-15(20)5-6-19-13(4)12(3)17-16(19)21/h7-9H,5-6H2,1-4H3,(H,17,21)(H,18,20). The van der Waals surface area contributed by atoms with Crippen molar-refractivity contribution in [3.8, 4) is 0 Å². The van der Waals surface area contributed by atoms with Crippen molar-refractivity contribution in [3.63, 3.8) is 0 Å². The third-order valence-corrected chi connectivity index (χ3v) is 3.56. The number of benzene rings is 1. The number of carbonyl (C=O) groups excluding carboxylic acids is 1. The Hall–Kier alpha value is -2.30. The minimum absolute atomic E-state index is 0.0925. The molecule has 0 saturated carbocycles. The number of H-pyrrole nitrogens is 1. The van der Waals surface area contributed by atoms with Gasteiger partial charge in [-0.2, -0.15) is 0 Å². The Balaban J connectivity index is 2.00. The maximum atomic E-state index is 12.0. The van der Waals surface area contributed by atoms with Crippen LogP contribution in [0.5, 0.6) is 0 Å². The number of amides is 1. The van der Waals surface area contributed by atoms with Crippen molar-refractivity contribution in [3.05, 3.63) is 51.2 Å². The second-order valence-electron chi connectivity index (χ2n) is 5.47. The first-order valence-corrected chi connectivity index (χ1v) is 7.01. The summed E-state index contributed by atoms with van der Waals surface area (Å²) >= 11 is 0. The van der Waals surface area contributed by atoms with E-state index in [1.807, 2.05) is 39.8 Å². The summed E-state index contributed by atoms with van der Waals surface area (Å²) < 4.78 is 1.59. The van der Waals surface area contributed by atoms with E-state index in [4.69, 9.17) is 0 Å². The molecule has 0 aliphatic heterocycles. The number of imidazole rings is 1. The van der Waals surface area contributed by atoms with E-state index in [0.717, 1.165) is 28.2 Å². The fraction of sp³-hybridized carbons (Fsp3) is 0.375. The normalized spacial score (nSPS) is 10.7. The molecular formula is C16H21N3O2. The maximum absolute atomic E-state index is 12.0. The highest BCUT2D eigenvalue weighted by molar-refractivity contribution is 5.90. The number of aromatic nitrogens is 2. The zero-order valence-electron chi connectivity index (χ0n) is 12.9. The van der Waals surface area contributed by atoms with Gasteiger partial charge >= 0.3 is 5.69 Å². The smallest absolute Gasteiger partial charge is 0.325 e. The zero-order chi connectivity index (χ0) is 15.6. The third kappa shape index (κ3) is 3.62. The van der Waals surface area contributed by atoms with Crippen LogP contribution in [0.3, 0.4) is 0 Å². The molecule has 0 unspecified atom stereocenters. The van der Waals surface area contributed by atoms with Crippen LogP contribution in [-0.4, -0.2) is 15.5 Å². The van der Waals surface area contributed by atoms with E-state index in [-0.39, 0.29) is 18.0 Å². The van der Waals surface area contributed by atoms with Gasteiger partial charge in [-0.25, -0.2) is 4.79 Å². The molecule has 2 N–H and O–H groups in total. The number of nitrogens with one attached hydrogen (secondary N) is 2. The first kappa shape index (κ1) is 15.1. The predicted molar refractivity (Wildman–Crippen MR) is 83.7 cm³/mol. The van der Waals surface area contributed by atoms with Crippen molar-refractivity contribution in [2.75, 3.05) is 5.32 Å². The molecule has 0 saturated heterocycles. The molecule has 1 aromatic carbocycles. The molecule has 0 spiro atoms. The van der Waals surface area contributed by atoms with Crippen molar-refractivity contribution < 1.29 is 4.79 Å². The summed E-state index contributed by atoms with van der Waals surface area (Å²) in [7, 11) is 0. The Bertz CT molecular complexity index is 705. The van der Waals surface area contributed by atoms with Crippen LogP contribution in [-0.2, 0) is 11.3 Å². The van der Waals surface area contributed by atoms with Gasteiger partial charge in [-0.05, 0) is 51.0 Å². The molecule has 0 aliphatic carbocycles. The fourth-order valence-electron chi connectivity index (χ4n) is 2.43. The molecule has 0 radical (unpaired) electrons. The predicted octanol–water partition coefficient (Wildman–Crippen LogP) is 2.44. The number of hydrogen-bond donors (Lipinski definition) is 2. The van der Waals surface area contributed by atoms with E-state index in [0.29, 0.717) is 6.54 Å². The summed E-state index contributed by atoms with van der Waals surface area (Å²) in [6.07, 6.45) is 0.269. The average molecular weight is 287 g/mol. The van der Waals surface area contributed by atoms with Crippen LogP contribution in [0.15, 0.2) is 23.0 Å². The molecule has 2 aromatic rings. The lowest BCUT2D eigenvalue weighted by Crippen LogP contribution is -2.22. The monoisotopic (exact) mass is 287 g/mol. The van der Waals surface area contributed by atoms with Gasteiger partial charge in [0.05, 0.1) is 0 Å². The zero-order valence-corrected chi connectivity index (χ0v) is 12.9. The molecule has 0 atom stereocenters. The van der Waals surface area contributed by atoms with Crippen LogP contribution in [0, 0.1) is 27.7 Å². The quantitative estimate of drug-likeness (QED) is 0.907. The van der Waals surface area contributed by atoms with Gasteiger partial charge < -0.3 is 10.3 Å². The highest BCUT2D eigenvalue weighted by Gasteiger charge is 2.09. The molecular weight excluding hydrogens is 266 g/mol. The topological polar surface area (TPSA) is 66.9 Å². The van der Waals surface area contributed by atoms with Crippen LogP contribution in [0.1, 0.15) is 28.9 Å². The SMILES string of the molecule is Cc1cc(C)cc(NC(=O)CCn2c(C)c(C)[nH]c2=O)c1. The Morgan fingerprint density at radius 2 is 1.76 bits per heavy atom. The summed E-state index contributed by atoms with van der Waals surface area (Å²) in [5.74, 6) is -0.0925. The molecule has 5 heteroatoms. The van der Waals surface area contributed by atoms with E-state index in [2.05, 4.69) is 16.4 Å². The molecule has 21 heavy (non-hydrogen) atoms. The fourth-order valence-corrected chi connectivity index (χ4v) is 2.43. The number of rotatable bonds is 4. The van der Waals surface area contributed by atoms with E-state index in [1.54, 1.807) is 4.57 Å². The summed E-state index contributed by atoms with van der Waals surface area (Å²) in [5.41, 5.74) is 4.57. The molecule has 1 aromatic heterocycles. The van der Waals surface area contributed by atoms with Gasteiger partial charge in [-0.1, -0.05) is 6.07 Å². The van der Waals surface area contributed by atoms with Gasteiger partial charge in [-0.3, -0.25) is 9.36 Å². The first-order chi connectivity index (χ1) is 9.86. The van der Waals surface area contributed by atoms with Crippen LogP contribution >= 0.6 is 0 Å².